The molecule has 2 rings (SSSR count). The van der Waals surface area contributed by atoms with Crippen molar-refractivity contribution in [2.24, 2.45) is 11.5 Å². The van der Waals surface area contributed by atoms with Crippen molar-refractivity contribution in [2.75, 3.05) is 5.73 Å². The summed E-state index contributed by atoms with van der Waals surface area (Å²) in [5.74, 6) is 0. The number of anilines is 1. The Morgan fingerprint density at radius 3 is 2.33 bits per heavy atom. The van der Waals surface area contributed by atoms with E-state index >= 15 is 0 Å². The van der Waals surface area contributed by atoms with Gasteiger partial charge < -0.3 is 17.2 Å². The lowest BCUT2D eigenvalue weighted by atomic mass is 9.81. The highest BCUT2D eigenvalue weighted by Gasteiger charge is 2.31. The van der Waals surface area contributed by atoms with Crippen LogP contribution in [0.2, 0.25) is 0 Å². The largest absolute Gasteiger partial charge is 0.399 e. The molecule has 2 atom stereocenters. The zero-order chi connectivity index (χ0) is 10.9. The van der Waals surface area contributed by atoms with Gasteiger partial charge in [0.1, 0.15) is 0 Å². The molecule has 0 heterocycles. The Bertz CT molecular complexity index is 405. The minimum atomic E-state index is -0.623. The summed E-state index contributed by atoms with van der Waals surface area (Å²) in [6, 6.07) is 7.30. The van der Waals surface area contributed by atoms with Crippen LogP contribution in [0.15, 0.2) is 48.6 Å². The average Bonchev–Trinajstić information content (AvgIpc) is 2.23. The van der Waals surface area contributed by atoms with Crippen LogP contribution in [-0.4, -0.2) is 6.04 Å². The molecule has 6 N–H and O–H groups in total. The Hall–Kier alpha value is -1.58. The number of hydrogen-bond donors (Lipinski definition) is 3. The van der Waals surface area contributed by atoms with Gasteiger partial charge in [0.15, 0.2) is 0 Å². The molecule has 1 aromatic rings. The van der Waals surface area contributed by atoms with Crippen LogP contribution in [0.3, 0.4) is 0 Å². The Morgan fingerprint density at radius 2 is 1.73 bits per heavy atom. The lowest BCUT2D eigenvalue weighted by Gasteiger charge is -2.33. The van der Waals surface area contributed by atoms with Gasteiger partial charge in [0.2, 0.25) is 0 Å². The molecular weight excluding hydrogens is 186 g/mol. The Balaban J connectivity index is 2.41. The van der Waals surface area contributed by atoms with E-state index in [0.29, 0.717) is 0 Å². The van der Waals surface area contributed by atoms with Gasteiger partial charge in [0, 0.05) is 11.7 Å². The smallest absolute Gasteiger partial charge is 0.0788 e. The number of nitrogens with two attached hydrogens (primary N) is 3. The third kappa shape index (κ3) is 1.67. The number of allylic oxidation sites excluding steroid dienone is 2. The zero-order valence-corrected chi connectivity index (χ0v) is 8.43. The Morgan fingerprint density at radius 1 is 1.07 bits per heavy atom. The molecule has 1 aromatic carbocycles. The second kappa shape index (κ2) is 3.53. The maximum atomic E-state index is 6.27. The molecule has 0 bridgehead atoms. The summed E-state index contributed by atoms with van der Waals surface area (Å²) in [7, 11) is 0. The first-order valence-corrected chi connectivity index (χ1v) is 4.89. The first-order chi connectivity index (χ1) is 7.13. The van der Waals surface area contributed by atoms with E-state index in [-0.39, 0.29) is 6.04 Å². The van der Waals surface area contributed by atoms with E-state index in [1.807, 2.05) is 48.6 Å². The molecule has 0 aromatic heterocycles. The highest BCUT2D eigenvalue weighted by molar-refractivity contribution is 5.45. The molecule has 1 aliphatic carbocycles. The van der Waals surface area contributed by atoms with Crippen molar-refractivity contribution >= 4 is 5.69 Å². The molecule has 0 radical (unpaired) electrons. The van der Waals surface area contributed by atoms with Crippen molar-refractivity contribution in [3.05, 3.63) is 54.1 Å². The minimum absolute atomic E-state index is 0.203. The van der Waals surface area contributed by atoms with Gasteiger partial charge in [0.05, 0.1) is 5.54 Å². The monoisotopic (exact) mass is 201 g/mol. The predicted molar refractivity (Wildman–Crippen MR) is 63.0 cm³/mol. The highest BCUT2D eigenvalue weighted by atomic mass is 14.8. The fourth-order valence-electron chi connectivity index (χ4n) is 1.73. The fraction of sp³-hybridized carbons (Fsp3) is 0.167. The van der Waals surface area contributed by atoms with E-state index in [1.165, 1.54) is 0 Å². The third-order valence-electron chi connectivity index (χ3n) is 2.76. The Kier molecular flexibility index (Phi) is 2.34. The topological polar surface area (TPSA) is 78.1 Å². The molecular formula is C12H15N3. The maximum absolute atomic E-state index is 6.27. The SMILES string of the molecule is Nc1ccc(C2(N)C=CC=CC2N)cc1. The molecule has 3 nitrogen and oxygen atoms in total. The summed E-state index contributed by atoms with van der Waals surface area (Å²) >= 11 is 0. The third-order valence-corrected chi connectivity index (χ3v) is 2.76. The van der Waals surface area contributed by atoms with E-state index in [0.717, 1.165) is 11.3 Å². The molecule has 1 aliphatic rings. The number of benzene rings is 1. The van der Waals surface area contributed by atoms with Gasteiger partial charge >= 0.3 is 0 Å². The molecule has 3 heteroatoms. The second-order valence-corrected chi connectivity index (χ2v) is 3.82. The first kappa shape index (κ1) is 9.96. The van der Waals surface area contributed by atoms with Crippen LogP contribution < -0.4 is 17.2 Å². The molecule has 0 fully saturated rings. The van der Waals surface area contributed by atoms with Crippen molar-refractivity contribution in [1.29, 1.82) is 0 Å². The van der Waals surface area contributed by atoms with Gasteiger partial charge in [0.25, 0.3) is 0 Å². The van der Waals surface area contributed by atoms with E-state index < -0.39 is 5.54 Å². The average molecular weight is 201 g/mol. The molecule has 0 saturated carbocycles. The van der Waals surface area contributed by atoms with Crippen molar-refractivity contribution < 1.29 is 0 Å². The van der Waals surface area contributed by atoms with E-state index in [4.69, 9.17) is 17.2 Å². The first-order valence-electron chi connectivity index (χ1n) is 4.89. The van der Waals surface area contributed by atoms with Gasteiger partial charge in [-0.05, 0) is 17.7 Å². The van der Waals surface area contributed by atoms with Gasteiger partial charge in [-0.3, -0.25) is 0 Å². The van der Waals surface area contributed by atoms with Gasteiger partial charge in [-0.25, -0.2) is 0 Å². The molecule has 78 valence electrons. The number of hydrogen-bond acceptors (Lipinski definition) is 3. The quantitative estimate of drug-likeness (QED) is 0.590. The van der Waals surface area contributed by atoms with Crippen molar-refractivity contribution in [3.8, 4) is 0 Å². The summed E-state index contributed by atoms with van der Waals surface area (Å²) in [6.45, 7) is 0. The van der Waals surface area contributed by atoms with Crippen LogP contribution in [-0.2, 0) is 5.54 Å². The van der Waals surface area contributed by atoms with Crippen LogP contribution >= 0.6 is 0 Å². The molecule has 0 amide bonds. The molecule has 2 unspecified atom stereocenters. The van der Waals surface area contributed by atoms with Crippen LogP contribution in [0.5, 0.6) is 0 Å². The molecule has 0 aliphatic heterocycles. The van der Waals surface area contributed by atoms with Crippen molar-refractivity contribution in [3.63, 3.8) is 0 Å². The van der Waals surface area contributed by atoms with Crippen LogP contribution in [0.1, 0.15) is 5.56 Å². The summed E-state index contributed by atoms with van der Waals surface area (Å²) in [5, 5.41) is 0. The summed E-state index contributed by atoms with van der Waals surface area (Å²) in [5.41, 5.74) is 19.0. The van der Waals surface area contributed by atoms with Gasteiger partial charge in [-0.1, -0.05) is 36.4 Å². The van der Waals surface area contributed by atoms with Crippen LogP contribution in [0.25, 0.3) is 0 Å². The van der Waals surface area contributed by atoms with Crippen LogP contribution in [0.4, 0.5) is 5.69 Å². The summed E-state index contributed by atoms with van der Waals surface area (Å²) in [4.78, 5) is 0. The number of rotatable bonds is 1. The maximum Gasteiger partial charge on any atom is 0.0788 e. The standard InChI is InChI=1S/C12H15N3/c13-10-6-4-9(5-7-10)12(15)8-2-1-3-11(12)14/h1-8,11H,13-15H2. The Labute approximate surface area is 89.3 Å². The summed E-state index contributed by atoms with van der Waals surface area (Å²) in [6.07, 6.45) is 7.65. The normalized spacial score (nSPS) is 29.3. The molecule has 0 spiro atoms. The van der Waals surface area contributed by atoms with E-state index in [1.54, 1.807) is 0 Å². The minimum Gasteiger partial charge on any atom is -0.399 e. The van der Waals surface area contributed by atoms with E-state index in [2.05, 4.69) is 0 Å². The summed E-state index contributed by atoms with van der Waals surface area (Å²) < 4.78 is 0. The number of nitrogen functional groups attached to an aromatic ring is 1. The fourth-order valence-corrected chi connectivity index (χ4v) is 1.73. The lowest BCUT2D eigenvalue weighted by molar-refractivity contribution is 0.492. The molecule has 15 heavy (non-hydrogen) atoms. The lowest BCUT2D eigenvalue weighted by Crippen LogP contribution is -2.50. The van der Waals surface area contributed by atoms with Crippen molar-refractivity contribution in [2.45, 2.75) is 11.6 Å². The highest BCUT2D eigenvalue weighted by Crippen LogP contribution is 2.26. The van der Waals surface area contributed by atoms with Gasteiger partial charge in [-0.15, -0.1) is 0 Å². The van der Waals surface area contributed by atoms with Crippen molar-refractivity contribution in [1.82, 2.24) is 0 Å². The van der Waals surface area contributed by atoms with Gasteiger partial charge in [-0.2, -0.15) is 0 Å². The van der Waals surface area contributed by atoms with E-state index in [9.17, 15) is 0 Å². The zero-order valence-electron chi connectivity index (χ0n) is 8.43. The second-order valence-electron chi connectivity index (χ2n) is 3.82. The predicted octanol–water partition coefficient (Wildman–Crippen LogP) is 0.876. The molecule has 0 saturated heterocycles. The van der Waals surface area contributed by atoms with Crippen LogP contribution in [0, 0.1) is 0 Å².